The van der Waals surface area contributed by atoms with Gasteiger partial charge in [0.1, 0.15) is 12.4 Å². The van der Waals surface area contributed by atoms with Gasteiger partial charge in [-0.3, -0.25) is 9.36 Å². The minimum absolute atomic E-state index is 0.106. The molecule has 6 nitrogen and oxygen atoms in total. The van der Waals surface area contributed by atoms with Crippen LogP contribution in [0.25, 0.3) is 5.69 Å². The zero-order valence-electron chi connectivity index (χ0n) is 10.3. The monoisotopic (exact) mass is 319 g/mol. The maximum atomic E-state index is 13.8. The maximum absolute atomic E-state index is 13.8. The summed E-state index contributed by atoms with van der Waals surface area (Å²) in [5.74, 6) is -5.56. The Kier molecular flexibility index (Phi) is 4.48. The van der Waals surface area contributed by atoms with Gasteiger partial charge in [0.15, 0.2) is 22.6 Å². The van der Waals surface area contributed by atoms with Gasteiger partial charge >= 0.3 is 5.97 Å². The van der Waals surface area contributed by atoms with Crippen LogP contribution in [0.2, 0.25) is 0 Å². The minimum atomic E-state index is -1.42. The van der Waals surface area contributed by atoms with Crippen molar-refractivity contribution in [1.29, 1.82) is 0 Å². The van der Waals surface area contributed by atoms with Crippen LogP contribution in [-0.2, 0) is 11.4 Å². The third-order valence-corrected chi connectivity index (χ3v) is 3.29. The second kappa shape index (κ2) is 6.14. The maximum Gasteiger partial charge on any atom is 0.313 e. The largest absolute Gasteiger partial charge is 0.481 e. The first-order valence-electron chi connectivity index (χ1n) is 5.48. The summed E-state index contributed by atoms with van der Waals surface area (Å²) < 4.78 is 41.2. The number of aliphatic carboxylic acids is 1. The van der Waals surface area contributed by atoms with Crippen molar-refractivity contribution in [3.63, 3.8) is 0 Å². The van der Waals surface area contributed by atoms with Crippen molar-refractivity contribution in [3.8, 4) is 5.69 Å². The average Bonchev–Trinajstić information content (AvgIpc) is 2.83. The summed E-state index contributed by atoms with van der Waals surface area (Å²) in [5, 5.41) is 24.8. The number of benzene rings is 1. The van der Waals surface area contributed by atoms with Gasteiger partial charge in [-0.05, 0) is 0 Å². The van der Waals surface area contributed by atoms with E-state index in [2.05, 4.69) is 10.2 Å². The average molecular weight is 319 g/mol. The zero-order valence-corrected chi connectivity index (χ0v) is 11.1. The predicted molar refractivity (Wildman–Crippen MR) is 65.5 cm³/mol. The molecule has 1 aromatic heterocycles. The fraction of sp³-hybridized carbons (Fsp3) is 0.182. The molecule has 0 aliphatic heterocycles. The number of carbonyl (C=O) groups is 1. The molecule has 2 N–H and O–H groups in total. The van der Waals surface area contributed by atoms with Crippen molar-refractivity contribution in [2.45, 2.75) is 11.8 Å². The third-order valence-electron chi connectivity index (χ3n) is 2.38. The molecule has 21 heavy (non-hydrogen) atoms. The Morgan fingerprint density at radius 1 is 1.29 bits per heavy atom. The van der Waals surface area contributed by atoms with E-state index in [4.69, 9.17) is 10.2 Å². The lowest BCUT2D eigenvalue weighted by molar-refractivity contribution is -0.133. The van der Waals surface area contributed by atoms with Crippen LogP contribution in [0.4, 0.5) is 13.2 Å². The molecular weight excluding hydrogens is 311 g/mol. The Labute approximate surface area is 120 Å². The SMILES string of the molecule is O=C(O)CSc1nnc(CO)n1-c1cc(F)cc(F)c1F. The van der Waals surface area contributed by atoms with E-state index in [0.717, 1.165) is 4.57 Å². The smallest absolute Gasteiger partial charge is 0.313 e. The van der Waals surface area contributed by atoms with Gasteiger partial charge in [-0.2, -0.15) is 0 Å². The van der Waals surface area contributed by atoms with E-state index in [1.165, 1.54) is 0 Å². The highest BCUT2D eigenvalue weighted by atomic mass is 32.2. The highest BCUT2D eigenvalue weighted by Gasteiger charge is 2.20. The van der Waals surface area contributed by atoms with Gasteiger partial charge in [0.2, 0.25) is 0 Å². The van der Waals surface area contributed by atoms with Gasteiger partial charge in [0, 0.05) is 12.1 Å². The van der Waals surface area contributed by atoms with Crippen molar-refractivity contribution in [1.82, 2.24) is 14.8 Å². The van der Waals surface area contributed by atoms with E-state index in [1.807, 2.05) is 0 Å². The molecule has 0 saturated carbocycles. The van der Waals surface area contributed by atoms with Crippen LogP contribution in [0.1, 0.15) is 5.82 Å². The lowest BCUT2D eigenvalue weighted by atomic mass is 10.2. The van der Waals surface area contributed by atoms with Crippen molar-refractivity contribution < 1.29 is 28.2 Å². The number of aromatic nitrogens is 3. The Bertz CT molecular complexity index is 693. The molecule has 2 aromatic rings. The van der Waals surface area contributed by atoms with Crippen LogP contribution in [0, 0.1) is 17.5 Å². The molecule has 0 amide bonds. The molecule has 0 saturated heterocycles. The number of hydrogen-bond donors (Lipinski definition) is 2. The molecular formula is C11H8F3N3O3S. The van der Waals surface area contributed by atoms with Crippen LogP contribution in [-0.4, -0.2) is 36.7 Å². The Balaban J connectivity index is 2.56. The van der Waals surface area contributed by atoms with E-state index in [-0.39, 0.29) is 11.0 Å². The first-order chi connectivity index (χ1) is 9.93. The van der Waals surface area contributed by atoms with E-state index in [1.54, 1.807) is 0 Å². The summed E-state index contributed by atoms with van der Waals surface area (Å²) in [6.45, 7) is -0.668. The highest BCUT2D eigenvalue weighted by Crippen LogP contribution is 2.26. The lowest BCUT2D eigenvalue weighted by Gasteiger charge is -2.10. The summed E-state index contributed by atoms with van der Waals surface area (Å²) in [5.41, 5.74) is -0.547. The summed E-state index contributed by atoms with van der Waals surface area (Å²) >= 11 is 0.674. The molecule has 0 spiro atoms. The first-order valence-corrected chi connectivity index (χ1v) is 6.47. The van der Waals surface area contributed by atoms with Crippen LogP contribution >= 0.6 is 11.8 Å². The number of hydrogen-bond acceptors (Lipinski definition) is 5. The molecule has 2 rings (SSSR count). The molecule has 0 aliphatic rings. The molecule has 0 unspecified atom stereocenters. The molecule has 112 valence electrons. The van der Waals surface area contributed by atoms with Gasteiger partial charge in [0.25, 0.3) is 0 Å². The van der Waals surface area contributed by atoms with Gasteiger partial charge < -0.3 is 10.2 Å². The second-order valence-electron chi connectivity index (χ2n) is 3.80. The molecule has 0 bridgehead atoms. The standard InChI is InChI=1S/C11H8F3N3O3S/c12-5-1-6(13)10(14)7(2-5)17-8(3-18)15-16-11(17)21-4-9(19)20/h1-2,18H,3-4H2,(H,19,20). The first kappa shape index (κ1) is 15.3. The molecule has 1 aromatic carbocycles. The van der Waals surface area contributed by atoms with Crippen LogP contribution < -0.4 is 0 Å². The third kappa shape index (κ3) is 3.16. The van der Waals surface area contributed by atoms with Crippen LogP contribution in [0.5, 0.6) is 0 Å². The van der Waals surface area contributed by atoms with E-state index in [9.17, 15) is 18.0 Å². The minimum Gasteiger partial charge on any atom is -0.481 e. The van der Waals surface area contributed by atoms with E-state index < -0.39 is 41.5 Å². The van der Waals surface area contributed by atoms with E-state index in [0.29, 0.717) is 23.9 Å². The topological polar surface area (TPSA) is 88.2 Å². The van der Waals surface area contributed by atoms with E-state index >= 15 is 0 Å². The Morgan fingerprint density at radius 3 is 2.62 bits per heavy atom. The molecule has 10 heteroatoms. The summed E-state index contributed by atoms with van der Waals surface area (Å²) in [4.78, 5) is 10.6. The van der Waals surface area contributed by atoms with Crippen LogP contribution in [0.3, 0.4) is 0 Å². The Morgan fingerprint density at radius 2 is 2.00 bits per heavy atom. The van der Waals surface area contributed by atoms with Gasteiger partial charge in [-0.1, -0.05) is 11.8 Å². The second-order valence-corrected chi connectivity index (χ2v) is 4.74. The van der Waals surface area contributed by atoms with Crippen molar-refractivity contribution >= 4 is 17.7 Å². The molecule has 0 radical (unpaired) electrons. The summed E-state index contributed by atoms with van der Waals surface area (Å²) in [6, 6.07) is 1.07. The normalized spacial score (nSPS) is 10.9. The number of aliphatic hydroxyl groups excluding tert-OH is 1. The van der Waals surface area contributed by atoms with Crippen molar-refractivity contribution in [2.24, 2.45) is 0 Å². The Hall–Kier alpha value is -2.07. The number of aliphatic hydroxyl groups is 1. The lowest BCUT2D eigenvalue weighted by Crippen LogP contribution is -2.08. The molecule has 0 atom stereocenters. The number of carboxylic acid groups (broad SMARTS) is 1. The number of thioether (sulfide) groups is 1. The molecule has 0 fully saturated rings. The fourth-order valence-electron chi connectivity index (χ4n) is 1.57. The number of carboxylic acids is 1. The summed E-state index contributed by atoms with van der Waals surface area (Å²) in [6.07, 6.45) is 0. The highest BCUT2D eigenvalue weighted by molar-refractivity contribution is 7.99. The fourth-order valence-corrected chi connectivity index (χ4v) is 2.25. The molecule has 0 aliphatic carbocycles. The number of halogens is 3. The summed E-state index contributed by atoms with van der Waals surface area (Å²) in [7, 11) is 0. The number of rotatable bonds is 5. The van der Waals surface area contributed by atoms with Gasteiger partial charge in [-0.15, -0.1) is 10.2 Å². The molecule has 1 heterocycles. The quantitative estimate of drug-likeness (QED) is 0.639. The zero-order chi connectivity index (χ0) is 15.6. The van der Waals surface area contributed by atoms with Crippen LogP contribution in [0.15, 0.2) is 17.3 Å². The predicted octanol–water partition coefficient (Wildman–Crippen LogP) is 1.35. The van der Waals surface area contributed by atoms with Gasteiger partial charge in [0.05, 0.1) is 11.4 Å². The van der Waals surface area contributed by atoms with Gasteiger partial charge in [-0.25, -0.2) is 13.2 Å². The van der Waals surface area contributed by atoms with Crippen molar-refractivity contribution in [3.05, 3.63) is 35.4 Å². The van der Waals surface area contributed by atoms with Crippen molar-refractivity contribution in [2.75, 3.05) is 5.75 Å². The number of nitrogens with zero attached hydrogens (tertiary/aromatic N) is 3.